The topological polar surface area (TPSA) is 3.24 Å². The van der Waals surface area contributed by atoms with Crippen molar-refractivity contribution in [2.24, 2.45) is 0 Å². The molecule has 0 fully saturated rings. The molecule has 262 valence electrons. The second kappa shape index (κ2) is 15.6. The van der Waals surface area contributed by atoms with Crippen LogP contribution in [-0.2, 0) is 0 Å². The summed E-state index contributed by atoms with van der Waals surface area (Å²) in [5, 5.41) is 0. The molecule has 0 N–H and O–H groups in total. The van der Waals surface area contributed by atoms with Gasteiger partial charge in [0.25, 0.3) is 0 Å². The highest BCUT2D eigenvalue weighted by atomic mass is 15.1. The van der Waals surface area contributed by atoms with Crippen molar-refractivity contribution in [3.8, 4) is 44.5 Å². The Morgan fingerprint density at radius 3 is 1.27 bits per heavy atom. The molecule has 0 heterocycles. The molecule has 0 radical (unpaired) electrons. The Hall–Kier alpha value is -6.96. The summed E-state index contributed by atoms with van der Waals surface area (Å²) in [6, 6.07) is 76.5. The van der Waals surface area contributed by atoms with Crippen LogP contribution in [0.1, 0.15) is 23.5 Å². The maximum absolute atomic E-state index is 2.38. The van der Waals surface area contributed by atoms with E-state index < -0.39 is 0 Å². The molecule has 1 heteroatoms. The van der Waals surface area contributed by atoms with Gasteiger partial charge < -0.3 is 4.90 Å². The van der Waals surface area contributed by atoms with Gasteiger partial charge in [-0.05, 0) is 104 Å². The third-order valence-electron chi connectivity index (χ3n) is 10.7. The van der Waals surface area contributed by atoms with Gasteiger partial charge in [-0.25, -0.2) is 0 Å². The first kappa shape index (κ1) is 33.8. The van der Waals surface area contributed by atoms with E-state index in [2.05, 4.69) is 235 Å². The van der Waals surface area contributed by atoms with Crippen molar-refractivity contribution in [2.45, 2.75) is 12.3 Å². The molecule has 8 aromatic carbocycles. The minimum atomic E-state index is 0.419. The molecular weight excluding hydrogens is 663 g/mol. The van der Waals surface area contributed by atoms with Crippen molar-refractivity contribution >= 4 is 22.6 Å². The standard InChI is InChI=1S/C54H41N/c1-5-13-40(14-6-1)42-21-25-44(26-22-42)46-29-33-50(34-30-46)55(51-35-31-47(32-36-51)45-27-23-43(24-28-45)41-15-7-2-8-16-41)52-37-38-53(48-17-9-3-10-18-48)54(39-52)49-19-11-4-12-20-49/h1-23,25-39,43H,24H2. The Kier molecular flexibility index (Phi) is 9.58. The lowest BCUT2D eigenvalue weighted by Gasteiger charge is -2.27. The summed E-state index contributed by atoms with van der Waals surface area (Å²) in [7, 11) is 0. The maximum atomic E-state index is 2.38. The quantitative estimate of drug-likeness (QED) is 0.145. The zero-order chi connectivity index (χ0) is 36.8. The van der Waals surface area contributed by atoms with Gasteiger partial charge in [-0.3, -0.25) is 0 Å². The van der Waals surface area contributed by atoms with E-state index in [4.69, 9.17) is 0 Å². The van der Waals surface area contributed by atoms with Gasteiger partial charge in [0, 0.05) is 23.0 Å². The number of hydrogen-bond acceptors (Lipinski definition) is 1. The number of anilines is 3. The van der Waals surface area contributed by atoms with Crippen LogP contribution in [-0.4, -0.2) is 0 Å². The van der Waals surface area contributed by atoms with Gasteiger partial charge in [-0.1, -0.05) is 194 Å². The Balaban J connectivity index is 1.08. The van der Waals surface area contributed by atoms with Crippen molar-refractivity contribution in [3.63, 3.8) is 0 Å². The number of nitrogens with zero attached hydrogens (tertiary/aromatic N) is 1. The first-order valence-corrected chi connectivity index (χ1v) is 19.1. The molecule has 55 heavy (non-hydrogen) atoms. The fourth-order valence-corrected chi connectivity index (χ4v) is 7.72. The lowest BCUT2D eigenvalue weighted by Crippen LogP contribution is -2.10. The first-order valence-electron chi connectivity index (χ1n) is 19.1. The van der Waals surface area contributed by atoms with E-state index in [9.17, 15) is 0 Å². The van der Waals surface area contributed by atoms with E-state index in [-0.39, 0.29) is 0 Å². The highest BCUT2D eigenvalue weighted by Crippen LogP contribution is 2.42. The molecule has 1 aliphatic carbocycles. The van der Waals surface area contributed by atoms with E-state index in [0.717, 1.165) is 23.5 Å². The van der Waals surface area contributed by atoms with Crippen LogP contribution >= 0.6 is 0 Å². The summed E-state index contributed by atoms with van der Waals surface area (Å²) in [6.07, 6.45) is 8.01. The minimum absolute atomic E-state index is 0.419. The van der Waals surface area contributed by atoms with E-state index in [1.165, 1.54) is 61.2 Å². The molecule has 8 aromatic rings. The van der Waals surface area contributed by atoms with Gasteiger partial charge in [0.05, 0.1) is 0 Å². The maximum Gasteiger partial charge on any atom is 0.0468 e. The Morgan fingerprint density at radius 1 is 0.345 bits per heavy atom. The lowest BCUT2D eigenvalue weighted by atomic mass is 9.88. The second-order valence-electron chi connectivity index (χ2n) is 14.1. The first-order chi connectivity index (χ1) is 27.3. The van der Waals surface area contributed by atoms with Crippen LogP contribution in [0.15, 0.2) is 231 Å². The van der Waals surface area contributed by atoms with Crippen LogP contribution in [0.3, 0.4) is 0 Å². The van der Waals surface area contributed by atoms with Crippen LogP contribution in [0.2, 0.25) is 0 Å². The highest BCUT2D eigenvalue weighted by Gasteiger charge is 2.18. The molecule has 0 amide bonds. The zero-order valence-electron chi connectivity index (χ0n) is 30.7. The zero-order valence-corrected chi connectivity index (χ0v) is 30.7. The molecular formula is C54H41N. The molecule has 0 aromatic heterocycles. The van der Waals surface area contributed by atoms with E-state index in [0.29, 0.717) is 5.92 Å². The third-order valence-corrected chi connectivity index (χ3v) is 10.7. The summed E-state index contributed by atoms with van der Waals surface area (Å²) < 4.78 is 0. The van der Waals surface area contributed by atoms with Crippen molar-refractivity contribution in [1.82, 2.24) is 0 Å². The molecule has 1 nitrogen and oxygen atoms in total. The normalized spacial score (nSPS) is 13.6. The predicted molar refractivity (Wildman–Crippen MR) is 234 cm³/mol. The van der Waals surface area contributed by atoms with Crippen LogP contribution in [0.5, 0.6) is 0 Å². The largest absolute Gasteiger partial charge is 0.310 e. The molecule has 1 atom stereocenters. The molecule has 9 rings (SSSR count). The number of rotatable bonds is 9. The fourth-order valence-electron chi connectivity index (χ4n) is 7.72. The smallest absolute Gasteiger partial charge is 0.0468 e. The van der Waals surface area contributed by atoms with Crippen LogP contribution in [0, 0.1) is 0 Å². The Bertz CT molecular complexity index is 2550. The van der Waals surface area contributed by atoms with Crippen molar-refractivity contribution < 1.29 is 0 Å². The van der Waals surface area contributed by atoms with Gasteiger partial charge in [-0.15, -0.1) is 0 Å². The van der Waals surface area contributed by atoms with Gasteiger partial charge in [0.1, 0.15) is 0 Å². The summed E-state index contributed by atoms with van der Waals surface area (Å²) in [5.74, 6) is 0.419. The van der Waals surface area contributed by atoms with Crippen LogP contribution in [0.4, 0.5) is 17.1 Å². The van der Waals surface area contributed by atoms with E-state index in [1.54, 1.807) is 0 Å². The SMILES string of the molecule is C1=CC(c2ccccc2)CC=C1c1ccc(N(c2ccc(-c3ccc(-c4ccccc4)cc3)cc2)c2ccc(-c3ccccc3)c(-c3ccccc3)c2)cc1. The van der Waals surface area contributed by atoms with Crippen LogP contribution in [0.25, 0.3) is 50.1 Å². The van der Waals surface area contributed by atoms with E-state index in [1.807, 2.05) is 0 Å². The van der Waals surface area contributed by atoms with Gasteiger partial charge in [0.2, 0.25) is 0 Å². The monoisotopic (exact) mass is 703 g/mol. The Labute approximate surface area is 324 Å². The summed E-state index contributed by atoms with van der Waals surface area (Å²) >= 11 is 0. The highest BCUT2D eigenvalue weighted by molar-refractivity contribution is 5.89. The lowest BCUT2D eigenvalue weighted by molar-refractivity contribution is 0.856. The molecule has 0 spiro atoms. The van der Waals surface area contributed by atoms with Gasteiger partial charge in [-0.2, -0.15) is 0 Å². The average molecular weight is 704 g/mol. The molecule has 0 saturated carbocycles. The van der Waals surface area contributed by atoms with Crippen molar-refractivity contribution in [2.75, 3.05) is 4.90 Å². The molecule has 1 unspecified atom stereocenters. The fraction of sp³-hybridized carbons (Fsp3) is 0.0370. The van der Waals surface area contributed by atoms with Crippen molar-refractivity contribution in [3.05, 3.63) is 242 Å². The Morgan fingerprint density at radius 2 is 0.764 bits per heavy atom. The predicted octanol–water partition coefficient (Wildman–Crippen LogP) is 15.0. The van der Waals surface area contributed by atoms with Gasteiger partial charge >= 0.3 is 0 Å². The van der Waals surface area contributed by atoms with Crippen molar-refractivity contribution in [1.29, 1.82) is 0 Å². The number of hydrogen-bond donors (Lipinski definition) is 0. The molecule has 0 saturated heterocycles. The number of allylic oxidation sites excluding steroid dienone is 4. The van der Waals surface area contributed by atoms with Gasteiger partial charge in [0.15, 0.2) is 0 Å². The molecule has 0 bridgehead atoms. The molecule has 1 aliphatic rings. The van der Waals surface area contributed by atoms with Crippen LogP contribution < -0.4 is 4.90 Å². The third kappa shape index (κ3) is 7.34. The minimum Gasteiger partial charge on any atom is -0.310 e. The second-order valence-corrected chi connectivity index (χ2v) is 14.1. The van der Waals surface area contributed by atoms with E-state index >= 15 is 0 Å². The summed E-state index contributed by atoms with van der Waals surface area (Å²) in [5.41, 5.74) is 16.8. The average Bonchev–Trinajstić information content (AvgIpc) is 3.28. The molecule has 0 aliphatic heterocycles. The summed E-state index contributed by atoms with van der Waals surface area (Å²) in [4.78, 5) is 2.38. The number of benzene rings is 8. The summed E-state index contributed by atoms with van der Waals surface area (Å²) in [6.45, 7) is 0.